The maximum atomic E-state index is 10.5. The molecule has 0 spiro atoms. The molecule has 0 saturated carbocycles. The van der Waals surface area contributed by atoms with E-state index >= 15 is 0 Å². The molecule has 0 radical (unpaired) electrons. The first-order valence-corrected chi connectivity index (χ1v) is 4.02. The van der Waals surface area contributed by atoms with Gasteiger partial charge in [-0.1, -0.05) is 0 Å². The van der Waals surface area contributed by atoms with Gasteiger partial charge >= 0.3 is 0 Å². The van der Waals surface area contributed by atoms with Gasteiger partial charge in [0.25, 0.3) is 5.69 Å². The number of methoxy groups -OCH3 is 1. The minimum atomic E-state index is -0.421. The van der Waals surface area contributed by atoms with Gasteiger partial charge in [-0.05, 0) is 19.1 Å². The molecule has 0 atom stereocenters. The second-order valence-corrected chi connectivity index (χ2v) is 2.76. The fourth-order valence-electron chi connectivity index (χ4n) is 1.05. The van der Waals surface area contributed by atoms with Gasteiger partial charge in [-0.3, -0.25) is 10.1 Å². The number of aryl methyl sites for hydroxylation is 1. The highest BCUT2D eigenvalue weighted by Crippen LogP contribution is 2.22. The molecule has 1 rings (SSSR count). The number of nitrogens with zero attached hydrogens (tertiary/aromatic N) is 1. The topological polar surface area (TPSA) is 61.6 Å². The monoisotopic (exact) mass is 197 g/mol. The molecule has 0 heterocycles. The average molecular weight is 197 g/mol. The van der Waals surface area contributed by atoms with E-state index in [0.717, 1.165) is 0 Å². The second-order valence-electron chi connectivity index (χ2n) is 2.76. The second kappa shape index (κ2) is 4.57. The highest BCUT2D eigenvalue weighted by molar-refractivity contribution is 5.44. The van der Waals surface area contributed by atoms with Crippen molar-refractivity contribution in [2.45, 2.75) is 6.92 Å². The summed E-state index contributed by atoms with van der Waals surface area (Å²) in [5.74, 6) is 0.565. The van der Waals surface area contributed by atoms with Crippen molar-refractivity contribution in [1.29, 1.82) is 0 Å². The Labute approximate surface area is 81.4 Å². The number of nitro benzene ring substituents is 1. The summed E-state index contributed by atoms with van der Waals surface area (Å²) in [6.45, 7) is 1.80. The summed E-state index contributed by atoms with van der Waals surface area (Å²) in [4.78, 5) is 10.1. The third-order valence-electron chi connectivity index (χ3n) is 1.71. The van der Waals surface area contributed by atoms with Crippen molar-refractivity contribution in [3.05, 3.63) is 33.9 Å². The van der Waals surface area contributed by atoms with Crippen LogP contribution in [0.15, 0.2) is 18.2 Å². The molecule has 5 heteroatoms. The lowest BCUT2D eigenvalue weighted by Gasteiger charge is -2.05. The van der Waals surface area contributed by atoms with E-state index in [2.05, 4.69) is 0 Å². The molecule has 0 aromatic heterocycles. The third kappa shape index (κ3) is 2.43. The van der Waals surface area contributed by atoms with Gasteiger partial charge in [-0.15, -0.1) is 0 Å². The SMILES string of the molecule is COCOc1ccc([N+](=O)[O-])c(C)c1. The largest absolute Gasteiger partial charge is 0.468 e. The fraction of sp³-hybridized carbons (Fsp3) is 0.333. The van der Waals surface area contributed by atoms with Gasteiger partial charge in [-0.2, -0.15) is 0 Å². The zero-order chi connectivity index (χ0) is 10.6. The normalized spacial score (nSPS) is 9.86. The Kier molecular flexibility index (Phi) is 3.41. The van der Waals surface area contributed by atoms with Crippen LogP contribution >= 0.6 is 0 Å². The van der Waals surface area contributed by atoms with Gasteiger partial charge in [0.15, 0.2) is 6.79 Å². The highest BCUT2D eigenvalue weighted by atomic mass is 16.7. The van der Waals surface area contributed by atoms with Crippen LogP contribution in [0.5, 0.6) is 5.75 Å². The summed E-state index contributed by atoms with van der Waals surface area (Å²) < 4.78 is 9.83. The van der Waals surface area contributed by atoms with Gasteiger partial charge in [0.1, 0.15) is 5.75 Å². The molecule has 0 saturated heterocycles. The standard InChI is InChI=1S/C9H11NO4/c1-7-5-8(14-6-13-2)3-4-9(7)10(11)12/h3-5H,6H2,1-2H3. The predicted molar refractivity (Wildman–Crippen MR) is 50.3 cm³/mol. The highest BCUT2D eigenvalue weighted by Gasteiger charge is 2.10. The molecule has 0 fully saturated rings. The molecule has 0 bridgehead atoms. The van der Waals surface area contributed by atoms with E-state index in [0.29, 0.717) is 11.3 Å². The minimum absolute atomic E-state index is 0.0924. The molecule has 0 aliphatic rings. The van der Waals surface area contributed by atoms with Crippen LogP contribution in [-0.2, 0) is 4.74 Å². The maximum absolute atomic E-state index is 10.5. The van der Waals surface area contributed by atoms with Crippen LogP contribution in [-0.4, -0.2) is 18.8 Å². The first-order chi connectivity index (χ1) is 6.65. The molecular weight excluding hydrogens is 186 g/mol. The van der Waals surface area contributed by atoms with Crippen molar-refractivity contribution in [2.75, 3.05) is 13.9 Å². The zero-order valence-electron chi connectivity index (χ0n) is 8.02. The Bertz CT molecular complexity index is 338. The molecule has 76 valence electrons. The van der Waals surface area contributed by atoms with E-state index in [-0.39, 0.29) is 12.5 Å². The molecule has 5 nitrogen and oxygen atoms in total. The van der Waals surface area contributed by atoms with Crippen LogP contribution in [0.3, 0.4) is 0 Å². The molecule has 0 N–H and O–H groups in total. The smallest absolute Gasteiger partial charge is 0.272 e. The van der Waals surface area contributed by atoms with Crippen molar-refractivity contribution in [3.8, 4) is 5.75 Å². The summed E-state index contributed by atoms with van der Waals surface area (Å²) in [7, 11) is 1.51. The van der Waals surface area contributed by atoms with E-state index in [4.69, 9.17) is 9.47 Å². The number of hydrogen-bond acceptors (Lipinski definition) is 4. The number of nitro groups is 1. The molecule has 0 aliphatic heterocycles. The Morgan fingerprint density at radius 3 is 2.71 bits per heavy atom. The van der Waals surface area contributed by atoms with Gasteiger partial charge in [0, 0.05) is 18.7 Å². The van der Waals surface area contributed by atoms with E-state index in [9.17, 15) is 10.1 Å². The number of ether oxygens (including phenoxy) is 2. The van der Waals surface area contributed by atoms with Gasteiger partial charge in [-0.25, -0.2) is 0 Å². The average Bonchev–Trinajstić information content (AvgIpc) is 2.14. The molecule has 1 aromatic rings. The Morgan fingerprint density at radius 2 is 2.21 bits per heavy atom. The van der Waals surface area contributed by atoms with Crippen molar-refractivity contribution < 1.29 is 14.4 Å². The molecule has 0 amide bonds. The fourth-order valence-corrected chi connectivity index (χ4v) is 1.05. The van der Waals surface area contributed by atoms with E-state index < -0.39 is 4.92 Å². The van der Waals surface area contributed by atoms with Crippen molar-refractivity contribution in [1.82, 2.24) is 0 Å². The van der Waals surface area contributed by atoms with Gasteiger partial charge in [0.05, 0.1) is 4.92 Å². The van der Waals surface area contributed by atoms with E-state index in [1.165, 1.54) is 13.2 Å². The Balaban J connectivity index is 2.83. The van der Waals surface area contributed by atoms with Crippen LogP contribution in [0.1, 0.15) is 5.56 Å². The summed E-state index contributed by atoms with van der Waals surface area (Å²) in [6.07, 6.45) is 0. The lowest BCUT2D eigenvalue weighted by Crippen LogP contribution is -1.99. The van der Waals surface area contributed by atoms with E-state index in [1.807, 2.05) is 0 Å². The number of hydrogen-bond donors (Lipinski definition) is 0. The lowest BCUT2D eigenvalue weighted by atomic mass is 10.2. The summed E-state index contributed by atoms with van der Waals surface area (Å²) >= 11 is 0. The quantitative estimate of drug-likeness (QED) is 0.420. The molecular formula is C9H11NO4. The molecule has 1 aromatic carbocycles. The Morgan fingerprint density at radius 1 is 1.50 bits per heavy atom. The maximum Gasteiger partial charge on any atom is 0.272 e. The number of rotatable bonds is 4. The van der Waals surface area contributed by atoms with Crippen molar-refractivity contribution >= 4 is 5.69 Å². The van der Waals surface area contributed by atoms with E-state index in [1.54, 1.807) is 19.1 Å². The zero-order valence-corrected chi connectivity index (χ0v) is 8.02. The van der Waals surface area contributed by atoms with Gasteiger partial charge < -0.3 is 9.47 Å². The molecule has 0 unspecified atom stereocenters. The summed E-state index contributed by atoms with van der Waals surface area (Å²) in [6, 6.07) is 4.57. The van der Waals surface area contributed by atoms with Crippen LogP contribution in [0, 0.1) is 17.0 Å². The first kappa shape index (κ1) is 10.5. The Hall–Kier alpha value is -1.62. The third-order valence-corrected chi connectivity index (χ3v) is 1.71. The van der Waals surface area contributed by atoms with Crippen molar-refractivity contribution in [3.63, 3.8) is 0 Å². The lowest BCUT2D eigenvalue weighted by molar-refractivity contribution is -0.385. The minimum Gasteiger partial charge on any atom is -0.468 e. The van der Waals surface area contributed by atoms with Crippen molar-refractivity contribution in [2.24, 2.45) is 0 Å². The molecule has 14 heavy (non-hydrogen) atoms. The predicted octanol–water partition coefficient (Wildman–Crippen LogP) is 1.89. The molecule has 0 aliphatic carbocycles. The summed E-state index contributed by atoms with van der Waals surface area (Å²) in [5, 5.41) is 10.5. The van der Waals surface area contributed by atoms with Crippen LogP contribution < -0.4 is 4.74 Å². The van der Waals surface area contributed by atoms with Crippen LogP contribution in [0.2, 0.25) is 0 Å². The van der Waals surface area contributed by atoms with Crippen LogP contribution in [0.4, 0.5) is 5.69 Å². The number of benzene rings is 1. The first-order valence-electron chi connectivity index (χ1n) is 4.02. The van der Waals surface area contributed by atoms with Crippen LogP contribution in [0.25, 0.3) is 0 Å². The van der Waals surface area contributed by atoms with Gasteiger partial charge in [0.2, 0.25) is 0 Å². The summed E-state index contributed by atoms with van der Waals surface area (Å²) in [5.41, 5.74) is 0.665.